The Morgan fingerprint density at radius 3 is 2.38 bits per heavy atom. The van der Waals surface area contributed by atoms with Gasteiger partial charge in [0.1, 0.15) is 0 Å². The standard InChI is InChI=1S/C14H30N2/c1-6-12-8-9-13(15-5)14(10-12)16(7-2)11(3)4/h11-15H,6-10H2,1-5H3. The summed E-state index contributed by atoms with van der Waals surface area (Å²) in [6.45, 7) is 10.5. The lowest BCUT2D eigenvalue weighted by Gasteiger charge is -2.44. The number of nitrogens with one attached hydrogen (secondary N) is 1. The first-order chi connectivity index (χ1) is 7.63. The van der Waals surface area contributed by atoms with E-state index in [-0.39, 0.29) is 0 Å². The van der Waals surface area contributed by atoms with E-state index in [0.29, 0.717) is 12.1 Å². The Labute approximate surface area is 102 Å². The molecule has 2 nitrogen and oxygen atoms in total. The molecule has 1 aliphatic rings. The van der Waals surface area contributed by atoms with Gasteiger partial charge in [-0.3, -0.25) is 4.90 Å². The fourth-order valence-electron chi connectivity index (χ4n) is 3.29. The molecule has 1 N–H and O–H groups in total. The highest BCUT2D eigenvalue weighted by Crippen LogP contribution is 2.30. The van der Waals surface area contributed by atoms with Gasteiger partial charge < -0.3 is 5.32 Å². The van der Waals surface area contributed by atoms with Crippen LogP contribution in [0.5, 0.6) is 0 Å². The van der Waals surface area contributed by atoms with Crippen LogP contribution in [0.4, 0.5) is 0 Å². The highest BCUT2D eigenvalue weighted by atomic mass is 15.2. The minimum absolute atomic E-state index is 0.668. The fraction of sp³-hybridized carbons (Fsp3) is 1.00. The van der Waals surface area contributed by atoms with Crippen molar-refractivity contribution in [2.75, 3.05) is 13.6 Å². The minimum atomic E-state index is 0.668. The molecule has 0 heterocycles. The molecule has 1 saturated carbocycles. The SMILES string of the molecule is CCC1CCC(NC)C(N(CC)C(C)C)C1. The maximum atomic E-state index is 3.53. The van der Waals surface area contributed by atoms with E-state index >= 15 is 0 Å². The van der Waals surface area contributed by atoms with Crippen LogP contribution in [-0.2, 0) is 0 Å². The molecule has 1 fully saturated rings. The monoisotopic (exact) mass is 226 g/mol. The quantitative estimate of drug-likeness (QED) is 0.775. The third kappa shape index (κ3) is 3.21. The minimum Gasteiger partial charge on any atom is -0.315 e. The Hall–Kier alpha value is -0.0800. The van der Waals surface area contributed by atoms with E-state index < -0.39 is 0 Å². The number of likely N-dealkylation sites (N-methyl/N-ethyl adjacent to an activating group) is 2. The lowest BCUT2D eigenvalue weighted by molar-refractivity contribution is 0.0779. The van der Waals surface area contributed by atoms with Gasteiger partial charge in [-0.2, -0.15) is 0 Å². The zero-order valence-corrected chi connectivity index (χ0v) is 11.8. The highest BCUT2D eigenvalue weighted by Gasteiger charge is 2.33. The van der Waals surface area contributed by atoms with Crippen molar-refractivity contribution in [3.63, 3.8) is 0 Å². The smallest absolute Gasteiger partial charge is 0.0254 e. The normalized spacial score (nSPS) is 31.3. The summed E-state index contributed by atoms with van der Waals surface area (Å²) >= 11 is 0. The van der Waals surface area contributed by atoms with Crippen molar-refractivity contribution in [2.45, 2.75) is 71.5 Å². The first-order valence-electron chi connectivity index (χ1n) is 7.06. The van der Waals surface area contributed by atoms with Crippen LogP contribution < -0.4 is 5.32 Å². The summed E-state index contributed by atoms with van der Waals surface area (Å²) in [6, 6.07) is 2.11. The second-order valence-corrected chi connectivity index (χ2v) is 5.47. The van der Waals surface area contributed by atoms with Gasteiger partial charge in [0.25, 0.3) is 0 Å². The van der Waals surface area contributed by atoms with Crippen LogP contribution >= 0.6 is 0 Å². The molecule has 2 heteroatoms. The van der Waals surface area contributed by atoms with E-state index in [0.717, 1.165) is 12.0 Å². The summed E-state index contributed by atoms with van der Waals surface area (Å²) in [5, 5.41) is 3.53. The van der Waals surface area contributed by atoms with Gasteiger partial charge in [0.05, 0.1) is 0 Å². The zero-order chi connectivity index (χ0) is 12.1. The fourth-order valence-corrected chi connectivity index (χ4v) is 3.29. The lowest BCUT2D eigenvalue weighted by atomic mass is 9.80. The number of nitrogens with zero attached hydrogens (tertiary/aromatic N) is 1. The average Bonchev–Trinajstić information content (AvgIpc) is 2.29. The molecular weight excluding hydrogens is 196 g/mol. The van der Waals surface area contributed by atoms with Crippen molar-refractivity contribution in [1.82, 2.24) is 10.2 Å². The summed E-state index contributed by atoms with van der Waals surface area (Å²) in [5.41, 5.74) is 0. The van der Waals surface area contributed by atoms with Gasteiger partial charge >= 0.3 is 0 Å². The van der Waals surface area contributed by atoms with Gasteiger partial charge in [0.2, 0.25) is 0 Å². The molecule has 0 bridgehead atoms. The van der Waals surface area contributed by atoms with Crippen LogP contribution in [0.2, 0.25) is 0 Å². The van der Waals surface area contributed by atoms with E-state index in [1.807, 2.05) is 0 Å². The Bertz CT molecular complexity index is 191. The van der Waals surface area contributed by atoms with E-state index in [1.165, 1.54) is 32.2 Å². The van der Waals surface area contributed by atoms with E-state index in [2.05, 4.69) is 45.0 Å². The Kier molecular flexibility index (Phi) is 5.77. The Balaban J connectivity index is 2.69. The molecule has 1 rings (SSSR count). The maximum absolute atomic E-state index is 3.53. The molecule has 96 valence electrons. The molecule has 0 amide bonds. The van der Waals surface area contributed by atoms with Crippen molar-refractivity contribution in [3.05, 3.63) is 0 Å². The largest absolute Gasteiger partial charge is 0.315 e. The van der Waals surface area contributed by atoms with Gasteiger partial charge in [-0.05, 0) is 52.6 Å². The van der Waals surface area contributed by atoms with Gasteiger partial charge in [-0.25, -0.2) is 0 Å². The van der Waals surface area contributed by atoms with E-state index in [9.17, 15) is 0 Å². The van der Waals surface area contributed by atoms with Crippen LogP contribution in [0.25, 0.3) is 0 Å². The summed E-state index contributed by atoms with van der Waals surface area (Å²) in [6.07, 6.45) is 5.49. The molecule has 0 aromatic heterocycles. The summed E-state index contributed by atoms with van der Waals surface area (Å²) < 4.78 is 0. The van der Waals surface area contributed by atoms with Gasteiger partial charge in [0, 0.05) is 18.1 Å². The number of hydrogen-bond donors (Lipinski definition) is 1. The highest BCUT2D eigenvalue weighted by molar-refractivity contribution is 4.91. The third-order valence-electron chi connectivity index (χ3n) is 4.33. The summed E-state index contributed by atoms with van der Waals surface area (Å²) in [4.78, 5) is 2.67. The van der Waals surface area contributed by atoms with Crippen LogP contribution in [0.15, 0.2) is 0 Å². The molecule has 0 aromatic carbocycles. The van der Waals surface area contributed by atoms with E-state index in [4.69, 9.17) is 0 Å². The topological polar surface area (TPSA) is 15.3 Å². The molecular formula is C14H30N2. The molecule has 0 aliphatic heterocycles. The van der Waals surface area contributed by atoms with Crippen LogP contribution in [0, 0.1) is 5.92 Å². The van der Waals surface area contributed by atoms with Crippen LogP contribution in [0.3, 0.4) is 0 Å². The molecule has 0 aromatic rings. The van der Waals surface area contributed by atoms with Crippen molar-refractivity contribution in [2.24, 2.45) is 5.92 Å². The Morgan fingerprint density at radius 2 is 1.94 bits per heavy atom. The van der Waals surface area contributed by atoms with E-state index in [1.54, 1.807) is 0 Å². The molecule has 16 heavy (non-hydrogen) atoms. The maximum Gasteiger partial charge on any atom is 0.0254 e. The van der Waals surface area contributed by atoms with Gasteiger partial charge in [-0.15, -0.1) is 0 Å². The molecule has 0 saturated heterocycles. The van der Waals surface area contributed by atoms with Gasteiger partial charge in [-0.1, -0.05) is 20.3 Å². The van der Waals surface area contributed by atoms with Crippen molar-refractivity contribution < 1.29 is 0 Å². The first kappa shape index (κ1) is 14.0. The lowest BCUT2D eigenvalue weighted by Crippen LogP contribution is -2.54. The number of rotatable bonds is 5. The van der Waals surface area contributed by atoms with Crippen LogP contribution in [0.1, 0.15) is 53.4 Å². The zero-order valence-electron chi connectivity index (χ0n) is 11.8. The van der Waals surface area contributed by atoms with Crippen molar-refractivity contribution in [1.29, 1.82) is 0 Å². The second-order valence-electron chi connectivity index (χ2n) is 5.47. The average molecular weight is 226 g/mol. The van der Waals surface area contributed by atoms with Crippen LogP contribution in [-0.4, -0.2) is 36.6 Å². The van der Waals surface area contributed by atoms with Crippen molar-refractivity contribution >= 4 is 0 Å². The Morgan fingerprint density at radius 1 is 1.25 bits per heavy atom. The van der Waals surface area contributed by atoms with Crippen molar-refractivity contribution in [3.8, 4) is 0 Å². The second kappa shape index (κ2) is 6.61. The molecule has 0 radical (unpaired) electrons. The summed E-state index contributed by atoms with van der Waals surface area (Å²) in [7, 11) is 2.12. The molecule has 3 atom stereocenters. The summed E-state index contributed by atoms with van der Waals surface area (Å²) in [5.74, 6) is 0.947. The predicted molar refractivity (Wildman–Crippen MR) is 71.8 cm³/mol. The number of hydrogen-bond acceptors (Lipinski definition) is 2. The van der Waals surface area contributed by atoms with Gasteiger partial charge in [0.15, 0.2) is 0 Å². The molecule has 1 aliphatic carbocycles. The molecule has 3 unspecified atom stereocenters. The molecule has 0 spiro atoms. The predicted octanol–water partition coefficient (Wildman–Crippen LogP) is 2.88. The third-order valence-corrected chi connectivity index (χ3v) is 4.33. The first-order valence-corrected chi connectivity index (χ1v) is 7.06.